The lowest BCUT2D eigenvalue weighted by molar-refractivity contribution is -0.384. The highest BCUT2D eigenvalue weighted by molar-refractivity contribution is 6.31. The molecule has 6 nitrogen and oxygen atoms in total. The lowest BCUT2D eigenvalue weighted by Crippen LogP contribution is -2.08. The molecule has 0 radical (unpaired) electrons. The molecular weight excluding hydrogens is 306 g/mol. The number of furan rings is 1. The molecule has 3 aromatic rings. The molecule has 0 fully saturated rings. The van der Waals surface area contributed by atoms with Crippen molar-refractivity contribution in [1.29, 1.82) is 0 Å². The van der Waals surface area contributed by atoms with Crippen LogP contribution in [0.4, 0.5) is 11.5 Å². The molecule has 1 atom stereocenters. The number of anilines is 1. The molecule has 0 spiro atoms. The predicted octanol–water partition coefficient (Wildman–Crippen LogP) is 4.56. The van der Waals surface area contributed by atoms with Crippen LogP contribution in [0, 0.1) is 10.1 Å². The summed E-state index contributed by atoms with van der Waals surface area (Å²) >= 11 is 5.95. The molecule has 0 aliphatic carbocycles. The van der Waals surface area contributed by atoms with Crippen molar-refractivity contribution in [3.63, 3.8) is 0 Å². The maximum Gasteiger partial charge on any atom is 0.311 e. The Bertz CT molecular complexity index is 847. The van der Waals surface area contributed by atoms with Gasteiger partial charge in [0.15, 0.2) is 0 Å². The zero-order chi connectivity index (χ0) is 15.7. The van der Waals surface area contributed by atoms with Crippen molar-refractivity contribution in [1.82, 2.24) is 4.98 Å². The lowest BCUT2D eigenvalue weighted by atomic mass is 10.2. The molecule has 0 aliphatic rings. The van der Waals surface area contributed by atoms with E-state index in [0.29, 0.717) is 16.4 Å². The van der Waals surface area contributed by atoms with Crippen LogP contribution < -0.4 is 5.32 Å². The molecule has 0 bridgehead atoms. The average molecular weight is 318 g/mol. The normalized spacial score (nSPS) is 12.3. The van der Waals surface area contributed by atoms with Gasteiger partial charge >= 0.3 is 5.69 Å². The SMILES string of the molecule is CC(Nc1ncccc1[N+](=O)[O-])c1cc2cc(Cl)ccc2o1. The second-order valence-corrected chi connectivity index (χ2v) is 5.26. The van der Waals surface area contributed by atoms with Gasteiger partial charge in [-0.1, -0.05) is 11.6 Å². The monoisotopic (exact) mass is 317 g/mol. The minimum absolute atomic E-state index is 0.0755. The van der Waals surface area contributed by atoms with Crippen LogP contribution in [0.5, 0.6) is 0 Å². The number of nitrogens with zero attached hydrogens (tertiary/aromatic N) is 2. The van der Waals surface area contributed by atoms with Gasteiger partial charge < -0.3 is 9.73 Å². The minimum atomic E-state index is -0.472. The van der Waals surface area contributed by atoms with E-state index in [9.17, 15) is 10.1 Å². The maximum absolute atomic E-state index is 11.0. The first-order valence-electron chi connectivity index (χ1n) is 6.59. The molecule has 0 saturated heterocycles. The zero-order valence-corrected chi connectivity index (χ0v) is 12.4. The van der Waals surface area contributed by atoms with Crippen molar-refractivity contribution in [3.8, 4) is 0 Å². The van der Waals surface area contributed by atoms with Crippen LogP contribution in [0.1, 0.15) is 18.7 Å². The average Bonchev–Trinajstić information content (AvgIpc) is 2.90. The third-order valence-corrected chi connectivity index (χ3v) is 3.50. The highest BCUT2D eigenvalue weighted by atomic mass is 35.5. The molecule has 2 heterocycles. The number of nitrogens with one attached hydrogen (secondary N) is 1. The zero-order valence-electron chi connectivity index (χ0n) is 11.6. The Kier molecular flexibility index (Phi) is 3.68. The number of hydrogen-bond acceptors (Lipinski definition) is 5. The molecule has 112 valence electrons. The summed E-state index contributed by atoms with van der Waals surface area (Å²) in [6.07, 6.45) is 1.50. The Balaban J connectivity index is 1.90. The highest BCUT2D eigenvalue weighted by Crippen LogP contribution is 2.30. The van der Waals surface area contributed by atoms with Gasteiger partial charge in [0.25, 0.3) is 0 Å². The van der Waals surface area contributed by atoms with E-state index in [-0.39, 0.29) is 17.5 Å². The van der Waals surface area contributed by atoms with E-state index in [2.05, 4.69) is 10.3 Å². The third-order valence-electron chi connectivity index (χ3n) is 3.26. The van der Waals surface area contributed by atoms with Gasteiger partial charge in [-0.05, 0) is 37.3 Å². The molecular formula is C15H12ClN3O3. The van der Waals surface area contributed by atoms with Crippen LogP contribution in [0.25, 0.3) is 11.0 Å². The summed E-state index contributed by atoms with van der Waals surface area (Å²) in [5.41, 5.74) is 0.636. The number of aromatic nitrogens is 1. The predicted molar refractivity (Wildman–Crippen MR) is 84.2 cm³/mol. The summed E-state index contributed by atoms with van der Waals surface area (Å²) in [7, 11) is 0. The Morgan fingerprint density at radius 3 is 2.95 bits per heavy atom. The summed E-state index contributed by atoms with van der Waals surface area (Å²) in [4.78, 5) is 14.6. The third kappa shape index (κ3) is 2.73. The largest absolute Gasteiger partial charge is 0.459 e. The standard InChI is InChI=1S/C15H12ClN3O3/c1-9(18-15-12(19(20)21)3-2-6-17-15)14-8-10-7-11(16)4-5-13(10)22-14/h2-9H,1H3,(H,17,18). The molecule has 22 heavy (non-hydrogen) atoms. The van der Waals surface area contributed by atoms with Crippen LogP contribution in [0.3, 0.4) is 0 Å². The minimum Gasteiger partial charge on any atom is -0.459 e. The number of pyridine rings is 1. The van der Waals surface area contributed by atoms with Crippen molar-refractivity contribution in [3.05, 3.63) is 63.5 Å². The van der Waals surface area contributed by atoms with Gasteiger partial charge in [-0.3, -0.25) is 10.1 Å². The summed E-state index contributed by atoms with van der Waals surface area (Å²) in [5, 5.41) is 15.5. The van der Waals surface area contributed by atoms with E-state index in [4.69, 9.17) is 16.0 Å². The molecule has 1 unspecified atom stereocenters. The number of halogens is 1. The molecule has 3 rings (SSSR count). The van der Waals surface area contributed by atoms with E-state index in [0.717, 1.165) is 5.39 Å². The lowest BCUT2D eigenvalue weighted by Gasteiger charge is -2.11. The highest BCUT2D eigenvalue weighted by Gasteiger charge is 2.18. The Hall–Kier alpha value is -2.60. The van der Waals surface area contributed by atoms with E-state index >= 15 is 0 Å². The first kappa shape index (κ1) is 14.3. The van der Waals surface area contributed by atoms with Gasteiger partial charge in [-0.2, -0.15) is 0 Å². The number of rotatable bonds is 4. The fourth-order valence-electron chi connectivity index (χ4n) is 2.18. The second-order valence-electron chi connectivity index (χ2n) is 4.83. The molecule has 1 aromatic carbocycles. The van der Waals surface area contributed by atoms with Gasteiger partial charge in [0.05, 0.1) is 11.0 Å². The molecule has 7 heteroatoms. The molecule has 0 amide bonds. The molecule has 1 N–H and O–H groups in total. The van der Waals surface area contributed by atoms with Gasteiger partial charge in [0.1, 0.15) is 11.3 Å². The van der Waals surface area contributed by atoms with Crippen molar-refractivity contribution < 1.29 is 9.34 Å². The Morgan fingerprint density at radius 1 is 1.36 bits per heavy atom. The number of benzene rings is 1. The quantitative estimate of drug-likeness (QED) is 0.563. The van der Waals surface area contributed by atoms with Crippen molar-refractivity contribution in [2.24, 2.45) is 0 Å². The van der Waals surface area contributed by atoms with Gasteiger partial charge in [0, 0.05) is 22.7 Å². The molecule has 0 saturated carbocycles. The van der Waals surface area contributed by atoms with E-state index in [1.807, 2.05) is 13.0 Å². The van der Waals surface area contributed by atoms with Crippen LogP contribution in [0.2, 0.25) is 5.02 Å². The summed E-state index contributed by atoms with van der Waals surface area (Å²) in [5.74, 6) is 0.857. The first-order chi connectivity index (χ1) is 10.5. The number of fused-ring (bicyclic) bond motifs is 1. The Labute approximate surface area is 130 Å². The van der Waals surface area contributed by atoms with E-state index in [1.54, 1.807) is 18.2 Å². The fourth-order valence-corrected chi connectivity index (χ4v) is 2.36. The smallest absolute Gasteiger partial charge is 0.311 e. The van der Waals surface area contributed by atoms with E-state index in [1.165, 1.54) is 18.3 Å². The van der Waals surface area contributed by atoms with Crippen LogP contribution in [-0.4, -0.2) is 9.91 Å². The second kappa shape index (κ2) is 5.65. The summed E-state index contributed by atoms with van der Waals surface area (Å²) < 4.78 is 5.74. The van der Waals surface area contributed by atoms with Crippen LogP contribution in [0.15, 0.2) is 47.0 Å². The van der Waals surface area contributed by atoms with Crippen molar-refractivity contribution in [2.45, 2.75) is 13.0 Å². The number of nitro groups is 1. The maximum atomic E-state index is 11.0. The van der Waals surface area contributed by atoms with Gasteiger partial charge in [-0.25, -0.2) is 4.98 Å². The van der Waals surface area contributed by atoms with Gasteiger partial charge in [0.2, 0.25) is 5.82 Å². The van der Waals surface area contributed by atoms with E-state index < -0.39 is 4.92 Å². The Morgan fingerprint density at radius 2 is 2.18 bits per heavy atom. The summed E-state index contributed by atoms with van der Waals surface area (Å²) in [6.45, 7) is 1.84. The molecule has 2 aromatic heterocycles. The van der Waals surface area contributed by atoms with Crippen LogP contribution >= 0.6 is 11.6 Å². The van der Waals surface area contributed by atoms with Gasteiger partial charge in [-0.15, -0.1) is 0 Å². The topological polar surface area (TPSA) is 81.2 Å². The summed E-state index contributed by atoms with van der Waals surface area (Å²) in [6, 6.07) is 9.85. The fraction of sp³-hybridized carbons (Fsp3) is 0.133. The van der Waals surface area contributed by atoms with Crippen molar-refractivity contribution in [2.75, 3.05) is 5.32 Å². The first-order valence-corrected chi connectivity index (χ1v) is 6.97. The van der Waals surface area contributed by atoms with Crippen LogP contribution in [-0.2, 0) is 0 Å². The number of hydrogen-bond donors (Lipinski definition) is 1. The van der Waals surface area contributed by atoms with Crippen molar-refractivity contribution >= 4 is 34.1 Å². The molecule has 0 aliphatic heterocycles.